The lowest BCUT2D eigenvalue weighted by molar-refractivity contribution is -0.129. The highest BCUT2D eigenvalue weighted by atomic mass is 79.9. The van der Waals surface area contributed by atoms with E-state index in [4.69, 9.17) is 9.47 Å². The Hall–Kier alpha value is -2.74. The highest BCUT2D eigenvalue weighted by Gasteiger charge is 2.24. The zero-order valence-corrected chi connectivity index (χ0v) is 15.0. The van der Waals surface area contributed by atoms with Crippen LogP contribution in [-0.4, -0.2) is 25.6 Å². The van der Waals surface area contributed by atoms with Gasteiger partial charge in [0.1, 0.15) is 0 Å². The largest absolute Gasteiger partial charge is 0.493 e. The first-order chi connectivity index (χ1) is 12.5. The van der Waals surface area contributed by atoms with E-state index in [0.717, 1.165) is 4.47 Å². The molecule has 0 saturated heterocycles. The molecule has 134 valence electrons. The van der Waals surface area contributed by atoms with Crippen molar-refractivity contribution in [3.8, 4) is 11.5 Å². The van der Waals surface area contributed by atoms with E-state index in [1.165, 1.54) is 25.3 Å². The zero-order chi connectivity index (χ0) is 18.7. The van der Waals surface area contributed by atoms with Crippen LogP contribution in [0, 0.1) is 0 Å². The van der Waals surface area contributed by atoms with Crippen LogP contribution < -0.4 is 9.47 Å². The van der Waals surface area contributed by atoms with Crippen molar-refractivity contribution in [2.75, 3.05) is 7.11 Å². The van der Waals surface area contributed by atoms with Crippen molar-refractivity contribution in [2.24, 2.45) is 4.99 Å². The molecule has 0 unspecified atom stereocenters. The molecule has 0 saturated carbocycles. The molecule has 2 aromatic rings. The van der Waals surface area contributed by atoms with Crippen LogP contribution in [0.2, 0.25) is 0 Å². The normalized spacial score (nSPS) is 15.2. The summed E-state index contributed by atoms with van der Waals surface area (Å²) in [4.78, 5) is 16.2. The van der Waals surface area contributed by atoms with Gasteiger partial charge in [-0.25, -0.2) is 9.79 Å². The van der Waals surface area contributed by atoms with Crippen LogP contribution in [0.3, 0.4) is 0 Å². The van der Waals surface area contributed by atoms with Gasteiger partial charge in [0, 0.05) is 10.0 Å². The van der Waals surface area contributed by atoms with Gasteiger partial charge in [-0.3, -0.25) is 0 Å². The predicted octanol–water partition coefficient (Wildman–Crippen LogP) is 4.40. The number of nitrogens with zero attached hydrogens (tertiary/aromatic N) is 1. The number of benzene rings is 2. The number of cyclic esters (lactones) is 1. The van der Waals surface area contributed by atoms with Crippen LogP contribution in [0.1, 0.15) is 11.1 Å². The Morgan fingerprint density at radius 1 is 1.19 bits per heavy atom. The Morgan fingerprint density at radius 3 is 2.69 bits per heavy atom. The molecule has 1 aliphatic rings. The summed E-state index contributed by atoms with van der Waals surface area (Å²) in [5.74, 6) is -0.452. The van der Waals surface area contributed by atoms with Crippen molar-refractivity contribution in [3.05, 3.63) is 63.8 Å². The Balaban J connectivity index is 1.93. The first kappa shape index (κ1) is 18.1. The third-order valence-electron chi connectivity index (χ3n) is 3.40. The second-order valence-corrected chi connectivity index (χ2v) is 6.05. The van der Waals surface area contributed by atoms with Crippen LogP contribution in [0.5, 0.6) is 11.5 Å². The van der Waals surface area contributed by atoms with E-state index in [0.29, 0.717) is 11.1 Å². The van der Waals surface area contributed by atoms with E-state index in [1.54, 1.807) is 24.3 Å². The number of hydrogen-bond donors (Lipinski definition) is 0. The van der Waals surface area contributed by atoms with Crippen LogP contribution in [0.15, 0.2) is 57.6 Å². The summed E-state index contributed by atoms with van der Waals surface area (Å²) in [6, 6.07) is 11.5. The molecule has 0 bridgehead atoms. The Bertz CT molecular complexity index is 912. The predicted molar refractivity (Wildman–Crippen MR) is 94.4 cm³/mol. The maximum absolute atomic E-state index is 12.5. The van der Waals surface area contributed by atoms with Gasteiger partial charge in [0.15, 0.2) is 17.2 Å². The van der Waals surface area contributed by atoms with Gasteiger partial charge in [0.05, 0.1) is 7.11 Å². The van der Waals surface area contributed by atoms with E-state index in [1.807, 2.05) is 6.07 Å². The van der Waals surface area contributed by atoms with Crippen LogP contribution >= 0.6 is 15.9 Å². The molecule has 0 radical (unpaired) electrons. The standard InChI is InChI=1S/C18H12BrF2NO4/c1-24-14-6-5-10(8-15(14)25-18(20)21)7-13-17(23)26-16(22-13)11-3-2-4-12(19)9-11/h2-9,18H,1H3/b13-7-. The lowest BCUT2D eigenvalue weighted by Gasteiger charge is -2.10. The Kier molecular flexibility index (Phi) is 5.32. The van der Waals surface area contributed by atoms with Gasteiger partial charge in [0.2, 0.25) is 5.90 Å². The van der Waals surface area contributed by atoms with Gasteiger partial charge in [0.25, 0.3) is 0 Å². The Labute approximate surface area is 156 Å². The average molecular weight is 424 g/mol. The second-order valence-electron chi connectivity index (χ2n) is 5.14. The number of carbonyl (C=O) groups is 1. The zero-order valence-electron chi connectivity index (χ0n) is 13.4. The molecule has 0 aromatic heterocycles. The quantitative estimate of drug-likeness (QED) is 0.528. The third-order valence-corrected chi connectivity index (χ3v) is 3.89. The van der Waals surface area contributed by atoms with E-state index in [-0.39, 0.29) is 23.1 Å². The average Bonchev–Trinajstić information content (AvgIpc) is 2.95. The number of methoxy groups -OCH3 is 1. The summed E-state index contributed by atoms with van der Waals surface area (Å²) >= 11 is 3.34. The number of halogens is 3. The van der Waals surface area contributed by atoms with Crippen molar-refractivity contribution in [1.82, 2.24) is 0 Å². The molecule has 0 N–H and O–H groups in total. The molecule has 2 aromatic carbocycles. The summed E-state index contributed by atoms with van der Waals surface area (Å²) in [6.45, 7) is -3.00. The molecule has 0 atom stereocenters. The number of aliphatic imine (C=N–C) groups is 1. The fourth-order valence-corrected chi connectivity index (χ4v) is 2.68. The van der Waals surface area contributed by atoms with Crippen LogP contribution in [-0.2, 0) is 9.53 Å². The Morgan fingerprint density at radius 2 is 2.00 bits per heavy atom. The second kappa shape index (κ2) is 7.65. The van der Waals surface area contributed by atoms with Gasteiger partial charge in [-0.15, -0.1) is 0 Å². The number of ether oxygens (including phenoxy) is 3. The molecule has 0 spiro atoms. The van der Waals surface area contributed by atoms with Crippen LogP contribution in [0.4, 0.5) is 8.78 Å². The van der Waals surface area contributed by atoms with Gasteiger partial charge < -0.3 is 14.2 Å². The first-order valence-corrected chi connectivity index (χ1v) is 8.17. The molecular formula is C18H12BrF2NO4. The first-order valence-electron chi connectivity index (χ1n) is 7.37. The smallest absolute Gasteiger partial charge is 0.387 e. The number of esters is 1. The molecule has 8 heteroatoms. The molecule has 1 heterocycles. The van der Waals surface area contributed by atoms with Crippen molar-refractivity contribution in [2.45, 2.75) is 6.61 Å². The molecular weight excluding hydrogens is 412 g/mol. The third kappa shape index (κ3) is 4.08. The number of hydrogen-bond acceptors (Lipinski definition) is 5. The molecule has 0 aliphatic carbocycles. The minimum atomic E-state index is -3.00. The van der Waals surface area contributed by atoms with Gasteiger partial charge in [-0.2, -0.15) is 8.78 Å². The van der Waals surface area contributed by atoms with Gasteiger partial charge >= 0.3 is 12.6 Å². The number of alkyl halides is 2. The summed E-state index contributed by atoms with van der Waals surface area (Å²) in [7, 11) is 1.34. The van der Waals surface area contributed by atoms with Gasteiger partial charge in [-0.05, 0) is 42.0 Å². The molecule has 1 aliphatic heterocycles. The molecule has 0 amide bonds. The van der Waals surface area contributed by atoms with Crippen molar-refractivity contribution in [1.29, 1.82) is 0 Å². The number of carbonyl (C=O) groups excluding carboxylic acids is 1. The van der Waals surface area contributed by atoms with E-state index in [9.17, 15) is 13.6 Å². The SMILES string of the molecule is COc1ccc(/C=C2\N=C(c3cccc(Br)c3)OC2=O)cc1OC(F)F. The molecule has 0 fully saturated rings. The summed E-state index contributed by atoms with van der Waals surface area (Å²) in [5.41, 5.74) is 1.12. The van der Waals surface area contributed by atoms with E-state index in [2.05, 4.69) is 25.7 Å². The van der Waals surface area contributed by atoms with Crippen molar-refractivity contribution >= 4 is 33.9 Å². The topological polar surface area (TPSA) is 57.1 Å². The van der Waals surface area contributed by atoms with Crippen molar-refractivity contribution < 1.29 is 27.8 Å². The van der Waals surface area contributed by atoms with E-state index < -0.39 is 12.6 Å². The number of rotatable bonds is 5. The summed E-state index contributed by atoms with van der Waals surface area (Å²) < 4.78 is 40.4. The summed E-state index contributed by atoms with van der Waals surface area (Å²) in [5, 5.41) is 0. The van der Waals surface area contributed by atoms with Crippen molar-refractivity contribution in [3.63, 3.8) is 0 Å². The molecule has 3 rings (SSSR count). The van der Waals surface area contributed by atoms with Crippen LogP contribution in [0.25, 0.3) is 6.08 Å². The molecule has 26 heavy (non-hydrogen) atoms. The monoisotopic (exact) mass is 423 g/mol. The van der Waals surface area contributed by atoms with E-state index >= 15 is 0 Å². The van der Waals surface area contributed by atoms with Gasteiger partial charge in [-0.1, -0.05) is 28.1 Å². The minimum absolute atomic E-state index is 0.0492. The fourth-order valence-electron chi connectivity index (χ4n) is 2.28. The lowest BCUT2D eigenvalue weighted by Crippen LogP contribution is -2.05. The summed E-state index contributed by atoms with van der Waals surface area (Å²) in [6.07, 6.45) is 1.42. The maximum Gasteiger partial charge on any atom is 0.387 e. The maximum atomic E-state index is 12.5. The fraction of sp³-hybridized carbons (Fsp3) is 0.111. The minimum Gasteiger partial charge on any atom is -0.493 e. The highest BCUT2D eigenvalue weighted by Crippen LogP contribution is 2.31. The lowest BCUT2D eigenvalue weighted by atomic mass is 10.1. The molecule has 5 nitrogen and oxygen atoms in total. The highest BCUT2D eigenvalue weighted by molar-refractivity contribution is 9.10.